The summed E-state index contributed by atoms with van der Waals surface area (Å²) in [5.41, 5.74) is 8.75. The second-order valence-electron chi connectivity index (χ2n) is 4.62. The summed E-state index contributed by atoms with van der Waals surface area (Å²) in [5.74, 6) is -0.389. The van der Waals surface area contributed by atoms with Crippen LogP contribution in [0.3, 0.4) is 0 Å². The molecule has 0 bridgehead atoms. The quantitative estimate of drug-likeness (QED) is 0.864. The summed E-state index contributed by atoms with van der Waals surface area (Å²) < 4.78 is 13.1. The number of hydrogen-bond donors (Lipinski definition) is 1. The molecular weight excluding hydrogens is 263 g/mol. The Balaban J connectivity index is 2.03. The van der Waals surface area contributed by atoms with Crippen molar-refractivity contribution in [2.75, 3.05) is 12.8 Å². The zero-order valence-corrected chi connectivity index (χ0v) is 11.5. The highest BCUT2D eigenvalue weighted by Crippen LogP contribution is 2.18. The smallest absolute Gasteiger partial charge is 0.141 e. The lowest BCUT2D eigenvalue weighted by Gasteiger charge is -2.18. The Bertz CT molecular complexity index is 572. The van der Waals surface area contributed by atoms with Crippen LogP contribution in [0.4, 0.5) is 10.1 Å². The summed E-state index contributed by atoms with van der Waals surface area (Å²) in [6.07, 6.45) is 0. The molecule has 0 radical (unpaired) electrons. The highest BCUT2D eigenvalue weighted by atomic mass is 35.5. The molecule has 0 aliphatic rings. The molecule has 0 saturated heterocycles. The summed E-state index contributed by atoms with van der Waals surface area (Å²) in [5, 5.41) is 0.158. The van der Waals surface area contributed by atoms with Crippen molar-refractivity contribution in [1.29, 1.82) is 0 Å². The number of nitrogens with zero attached hydrogens (tertiary/aromatic N) is 1. The van der Waals surface area contributed by atoms with Gasteiger partial charge in [-0.1, -0.05) is 35.9 Å². The van der Waals surface area contributed by atoms with Crippen LogP contribution >= 0.6 is 11.6 Å². The van der Waals surface area contributed by atoms with E-state index < -0.39 is 0 Å². The SMILES string of the molecule is CN(Cc1ccc(F)c(Cl)c1)Cc1ccccc1N. The van der Waals surface area contributed by atoms with Gasteiger partial charge >= 0.3 is 0 Å². The number of hydrogen-bond acceptors (Lipinski definition) is 2. The lowest BCUT2D eigenvalue weighted by Crippen LogP contribution is -2.18. The van der Waals surface area contributed by atoms with Gasteiger partial charge in [-0.25, -0.2) is 4.39 Å². The first kappa shape index (κ1) is 13.8. The second kappa shape index (κ2) is 6.04. The number of halogens is 2. The molecule has 4 heteroatoms. The Labute approximate surface area is 117 Å². The van der Waals surface area contributed by atoms with E-state index in [0.29, 0.717) is 6.54 Å². The normalized spacial score (nSPS) is 10.9. The first-order valence-electron chi connectivity index (χ1n) is 6.02. The maximum Gasteiger partial charge on any atom is 0.141 e. The third kappa shape index (κ3) is 3.69. The van der Waals surface area contributed by atoms with Gasteiger partial charge in [-0.05, 0) is 36.4 Å². The van der Waals surface area contributed by atoms with E-state index in [1.54, 1.807) is 12.1 Å². The highest BCUT2D eigenvalue weighted by Gasteiger charge is 2.06. The van der Waals surface area contributed by atoms with Gasteiger partial charge in [-0.15, -0.1) is 0 Å². The number of benzene rings is 2. The standard InChI is InChI=1S/C15H16ClFN2/c1-19(10-12-4-2-3-5-15(12)18)9-11-6-7-14(17)13(16)8-11/h2-8H,9-10,18H2,1H3. The molecule has 0 unspecified atom stereocenters. The van der Waals surface area contributed by atoms with Gasteiger partial charge in [-0.2, -0.15) is 0 Å². The van der Waals surface area contributed by atoms with Gasteiger partial charge in [0.1, 0.15) is 5.82 Å². The fourth-order valence-electron chi connectivity index (χ4n) is 1.97. The highest BCUT2D eigenvalue weighted by molar-refractivity contribution is 6.30. The molecule has 0 heterocycles. The molecule has 2 aromatic rings. The molecule has 2 nitrogen and oxygen atoms in total. The van der Waals surface area contributed by atoms with Crippen LogP contribution in [0.5, 0.6) is 0 Å². The average molecular weight is 279 g/mol. The Morgan fingerprint density at radius 2 is 1.89 bits per heavy atom. The van der Waals surface area contributed by atoms with Crippen LogP contribution in [0.1, 0.15) is 11.1 Å². The first-order chi connectivity index (χ1) is 9.06. The van der Waals surface area contributed by atoms with Crippen LogP contribution < -0.4 is 5.73 Å². The largest absolute Gasteiger partial charge is 0.398 e. The molecule has 0 aliphatic heterocycles. The molecule has 0 fully saturated rings. The van der Waals surface area contributed by atoms with E-state index in [9.17, 15) is 4.39 Å². The van der Waals surface area contributed by atoms with Crippen molar-refractivity contribution >= 4 is 17.3 Å². The van der Waals surface area contributed by atoms with Gasteiger partial charge in [0.05, 0.1) is 5.02 Å². The van der Waals surface area contributed by atoms with Gasteiger partial charge in [0.2, 0.25) is 0 Å². The second-order valence-corrected chi connectivity index (χ2v) is 5.03. The first-order valence-corrected chi connectivity index (χ1v) is 6.40. The number of rotatable bonds is 4. The van der Waals surface area contributed by atoms with Crippen molar-refractivity contribution in [2.24, 2.45) is 0 Å². The average Bonchev–Trinajstić information content (AvgIpc) is 2.37. The molecule has 0 aliphatic carbocycles. The van der Waals surface area contributed by atoms with Crippen LogP contribution in [0.15, 0.2) is 42.5 Å². The topological polar surface area (TPSA) is 29.3 Å². The molecule has 0 atom stereocenters. The van der Waals surface area contributed by atoms with Crippen molar-refractivity contribution in [1.82, 2.24) is 4.90 Å². The number of anilines is 1. The monoisotopic (exact) mass is 278 g/mol. The third-order valence-electron chi connectivity index (χ3n) is 2.93. The number of para-hydroxylation sites is 1. The molecule has 19 heavy (non-hydrogen) atoms. The fraction of sp³-hybridized carbons (Fsp3) is 0.200. The zero-order chi connectivity index (χ0) is 13.8. The molecule has 2 aromatic carbocycles. The lowest BCUT2D eigenvalue weighted by atomic mass is 10.1. The third-order valence-corrected chi connectivity index (χ3v) is 3.22. The molecule has 0 amide bonds. The summed E-state index contributed by atoms with van der Waals surface area (Å²) in [6.45, 7) is 1.43. The van der Waals surface area contributed by atoms with Crippen LogP contribution in [-0.4, -0.2) is 11.9 Å². The van der Waals surface area contributed by atoms with Gasteiger partial charge in [-0.3, -0.25) is 4.90 Å². The predicted molar refractivity (Wildman–Crippen MR) is 77.4 cm³/mol. The Kier molecular flexibility index (Phi) is 4.40. The van der Waals surface area contributed by atoms with E-state index in [4.69, 9.17) is 17.3 Å². The molecule has 0 spiro atoms. The minimum atomic E-state index is -0.389. The van der Waals surface area contributed by atoms with Crippen LogP contribution in [0.25, 0.3) is 0 Å². The van der Waals surface area contributed by atoms with Crippen LogP contribution in [0.2, 0.25) is 5.02 Å². The molecule has 0 saturated carbocycles. The maximum absolute atomic E-state index is 13.1. The van der Waals surface area contributed by atoms with Crippen molar-refractivity contribution in [2.45, 2.75) is 13.1 Å². The fourth-order valence-corrected chi connectivity index (χ4v) is 2.18. The maximum atomic E-state index is 13.1. The molecule has 0 aromatic heterocycles. The van der Waals surface area contributed by atoms with E-state index in [2.05, 4.69) is 4.90 Å². The van der Waals surface area contributed by atoms with Crippen molar-refractivity contribution < 1.29 is 4.39 Å². The number of nitrogen functional groups attached to an aromatic ring is 1. The van der Waals surface area contributed by atoms with E-state index in [0.717, 1.165) is 23.4 Å². The Morgan fingerprint density at radius 1 is 1.16 bits per heavy atom. The summed E-state index contributed by atoms with van der Waals surface area (Å²) in [7, 11) is 1.99. The van der Waals surface area contributed by atoms with Crippen LogP contribution in [0, 0.1) is 5.82 Å². The molecule has 2 rings (SSSR count). The summed E-state index contributed by atoms with van der Waals surface area (Å²) in [6, 6.07) is 12.6. The van der Waals surface area contributed by atoms with E-state index >= 15 is 0 Å². The molecule has 2 N–H and O–H groups in total. The predicted octanol–water partition coefficient (Wildman–Crippen LogP) is 3.69. The van der Waals surface area contributed by atoms with E-state index in [1.165, 1.54) is 6.07 Å². The molecular formula is C15H16ClFN2. The minimum Gasteiger partial charge on any atom is -0.398 e. The molecule has 100 valence electrons. The van der Waals surface area contributed by atoms with E-state index in [-0.39, 0.29) is 10.8 Å². The van der Waals surface area contributed by atoms with Gasteiger partial charge < -0.3 is 5.73 Å². The number of nitrogens with two attached hydrogens (primary N) is 1. The van der Waals surface area contributed by atoms with Crippen molar-refractivity contribution in [3.63, 3.8) is 0 Å². The van der Waals surface area contributed by atoms with Gasteiger partial charge in [0.15, 0.2) is 0 Å². The van der Waals surface area contributed by atoms with Crippen molar-refractivity contribution in [3.05, 3.63) is 64.4 Å². The Morgan fingerprint density at radius 3 is 2.58 bits per heavy atom. The van der Waals surface area contributed by atoms with Gasteiger partial charge in [0.25, 0.3) is 0 Å². The van der Waals surface area contributed by atoms with Crippen molar-refractivity contribution in [3.8, 4) is 0 Å². The van der Waals surface area contributed by atoms with Gasteiger partial charge in [0, 0.05) is 18.8 Å². The Hall–Kier alpha value is -1.58. The van der Waals surface area contributed by atoms with E-state index in [1.807, 2.05) is 31.3 Å². The van der Waals surface area contributed by atoms with Crippen LogP contribution in [-0.2, 0) is 13.1 Å². The minimum absolute atomic E-state index is 0.158. The zero-order valence-electron chi connectivity index (χ0n) is 10.7. The summed E-state index contributed by atoms with van der Waals surface area (Å²) in [4.78, 5) is 2.11. The summed E-state index contributed by atoms with van der Waals surface area (Å²) >= 11 is 5.77. The lowest BCUT2D eigenvalue weighted by molar-refractivity contribution is 0.319.